The number of amides is 2. The van der Waals surface area contributed by atoms with Crippen molar-refractivity contribution in [3.8, 4) is 0 Å². The van der Waals surface area contributed by atoms with Crippen LogP contribution in [0.5, 0.6) is 0 Å². The maximum Gasteiger partial charge on any atom is 0.267 e. The van der Waals surface area contributed by atoms with Crippen LogP contribution in [0.25, 0.3) is 0 Å². The number of hydrazone groups is 1. The second kappa shape index (κ2) is 6.35. The van der Waals surface area contributed by atoms with Gasteiger partial charge in [-0.2, -0.15) is 5.10 Å². The lowest BCUT2D eigenvalue weighted by Crippen LogP contribution is -2.46. The lowest BCUT2D eigenvalue weighted by molar-refractivity contribution is -0.130. The van der Waals surface area contributed by atoms with Crippen molar-refractivity contribution in [3.05, 3.63) is 0 Å². The minimum absolute atomic E-state index is 0.0797. The van der Waals surface area contributed by atoms with Crippen LogP contribution in [0.2, 0.25) is 0 Å². The van der Waals surface area contributed by atoms with Crippen LogP contribution in [0.1, 0.15) is 51.4 Å². The van der Waals surface area contributed by atoms with Crippen molar-refractivity contribution in [1.82, 2.24) is 10.3 Å². The molecule has 2 aliphatic rings. The van der Waals surface area contributed by atoms with Crippen molar-refractivity contribution in [1.29, 1.82) is 0 Å². The van der Waals surface area contributed by atoms with Crippen molar-refractivity contribution in [2.24, 2.45) is 5.10 Å². The molecule has 1 fully saturated rings. The number of carbonyl (C=O) groups is 2. The zero-order chi connectivity index (χ0) is 14.6. The lowest BCUT2D eigenvalue weighted by Gasteiger charge is -2.27. The largest absolute Gasteiger partial charge is 0.388 e. The highest BCUT2D eigenvalue weighted by Crippen LogP contribution is 2.26. The molecule has 1 aliphatic carbocycles. The molecule has 0 aromatic heterocycles. The number of nitrogens with one attached hydrogen (secondary N) is 1. The fraction of sp³-hybridized carbons (Fsp3) is 0.786. The average molecular weight is 281 g/mol. The number of hydrogen-bond donors (Lipinski definition) is 2. The van der Waals surface area contributed by atoms with Crippen LogP contribution in [-0.2, 0) is 9.59 Å². The van der Waals surface area contributed by atoms with E-state index in [1.54, 1.807) is 7.05 Å². The second-order valence-electron chi connectivity index (χ2n) is 5.79. The smallest absolute Gasteiger partial charge is 0.267 e. The first-order valence-electron chi connectivity index (χ1n) is 7.35. The van der Waals surface area contributed by atoms with Gasteiger partial charge < -0.3 is 10.4 Å². The molecular formula is C14H23N3O3. The topological polar surface area (TPSA) is 82.0 Å². The van der Waals surface area contributed by atoms with Crippen molar-refractivity contribution in [2.75, 3.05) is 13.6 Å². The summed E-state index contributed by atoms with van der Waals surface area (Å²) in [4.78, 5) is 23.3. The molecule has 0 atom stereocenters. The first-order valence-corrected chi connectivity index (χ1v) is 7.35. The van der Waals surface area contributed by atoms with E-state index < -0.39 is 5.60 Å². The Balaban J connectivity index is 1.88. The van der Waals surface area contributed by atoms with E-state index in [9.17, 15) is 14.7 Å². The van der Waals surface area contributed by atoms with Crippen LogP contribution in [0.15, 0.2) is 5.10 Å². The number of carbonyl (C=O) groups excluding carboxylic acids is 2. The van der Waals surface area contributed by atoms with Gasteiger partial charge in [0.15, 0.2) is 0 Å². The van der Waals surface area contributed by atoms with Crippen LogP contribution in [0, 0.1) is 0 Å². The molecule has 6 heteroatoms. The summed E-state index contributed by atoms with van der Waals surface area (Å²) in [5, 5.41) is 18.4. The summed E-state index contributed by atoms with van der Waals surface area (Å²) >= 11 is 0. The standard InChI is InChI=1S/C14H23N3O3/c1-17-12(18)7-6-11(16-17)13(19)15-10-14(20)8-4-2-3-5-9-14/h20H,2-10H2,1H3,(H,15,19). The third-order valence-corrected chi connectivity index (χ3v) is 4.08. The Bertz CT molecular complexity index is 412. The number of nitrogens with zero attached hydrogens (tertiary/aromatic N) is 2. The molecule has 112 valence electrons. The van der Waals surface area contributed by atoms with Gasteiger partial charge in [-0.1, -0.05) is 25.7 Å². The number of rotatable bonds is 3. The summed E-state index contributed by atoms with van der Waals surface area (Å²) in [6, 6.07) is 0. The molecule has 0 bridgehead atoms. The molecule has 2 rings (SSSR count). The first-order chi connectivity index (χ1) is 9.50. The van der Waals surface area contributed by atoms with Gasteiger partial charge >= 0.3 is 0 Å². The van der Waals surface area contributed by atoms with Gasteiger partial charge in [0.05, 0.1) is 5.60 Å². The molecule has 6 nitrogen and oxygen atoms in total. The van der Waals surface area contributed by atoms with Crippen LogP contribution >= 0.6 is 0 Å². The normalized spacial score (nSPS) is 23.0. The molecule has 0 saturated heterocycles. The fourth-order valence-electron chi connectivity index (χ4n) is 2.74. The summed E-state index contributed by atoms with van der Waals surface area (Å²) in [6.45, 7) is 0.266. The third-order valence-electron chi connectivity index (χ3n) is 4.08. The minimum Gasteiger partial charge on any atom is -0.388 e. The second-order valence-corrected chi connectivity index (χ2v) is 5.79. The summed E-state index contributed by atoms with van der Waals surface area (Å²) in [7, 11) is 1.55. The first kappa shape index (κ1) is 15.0. The van der Waals surface area contributed by atoms with Gasteiger partial charge in [-0.15, -0.1) is 0 Å². The van der Waals surface area contributed by atoms with Crippen molar-refractivity contribution < 1.29 is 14.7 Å². The summed E-state index contributed by atoms with van der Waals surface area (Å²) in [5.74, 6) is -0.356. The summed E-state index contributed by atoms with van der Waals surface area (Å²) in [6.07, 6.45) is 6.46. The molecule has 20 heavy (non-hydrogen) atoms. The average Bonchev–Trinajstić information content (AvgIpc) is 2.65. The quantitative estimate of drug-likeness (QED) is 0.751. The molecular weight excluding hydrogens is 258 g/mol. The van der Waals surface area contributed by atoms with Gasteiger partial charge in [0.2, 0.25) is 5.91 Å². The van der Waals surface area contributed by atoms with E-state index in [4.69, 9.17) is 0 Å². The zero-order valence-electron chi connectivity index (χ0n) is 12.0. The zero-order valence-corrected chi connectivity index (χ0v) is 12.0. The lowest BCUT2D eigenvalue weighted by atomic mass is 9.94. The van der Waals surface area contributed by atoms with Gasteiger partial charge in [0.25, 0.3) is 5.91 Å². The number of hydrogen-bond acceptors (Lipinski definition) is 4. The van der Waals surface area contributed by atoms with Gasteiger partial charge in [0, 0.05) is 26.4 Å². The van der Waals surface area contributed by atoms with E-state index in [1.165, 1.54) is 5.01 Å². The monoisotopic (exact) mass is 281 g/mol. The van der Waals surface area contributed by atoms with E-state index in [0.29, 0.717) is 18.6 Å². The Morgan fingerprint density at radius 2 is 1.95 bits per heavy atom. The van der Waals surface area contributed by atoms with Gasteiger partial charge in [0.1, 0.15) is 5.71 Å². The fourth-order valence-corrected chi connectivity index (χ4v) is 2.74. The summed E-state index contributed by atoms with van der Waals surface area (Å²) < 4.78 is 0. The molecule has 0 spiro atoms. The third kappa shape index (κ3) is 3.79. The highest BCUT2D eigenvalue weighted by atomic mass is 16.3. The highest BCUT2D eigenvalue weighted by Gasteiger charge is 2.29. The predicted octanol–water partition coefficient (Wildman–Crippen LogP) is 0.796. The maximum absolute atomic E-state index is 12.0. The van der Waals surface area contributed by atoms with Crippen molar-refractivity contribution in [3.63, 3.8) is 0 Å². The van der Waals surface area contributed by atoms with Gasteiger partial charge in [-0.25, -0.2) is 5.01 Å². The molecule has 0 unspecified atom stereocenters. The van der Waals surface area contributed by atoms with Crippen LogP contribution in [-0.4, -0.2) is 46.8 Å². The van der Waals surface area contributed by atoms with Crippen LogP contribution < -0.4 is 5.32 Å². The Kier molecular flexibility index (Phi) is 4.75. The molecule has 1 aliphatic heterocycles. The Labute approximate surface area is 119 Å². The molecule has 2 N–H and O–H groups in total. The summed E-state index contributed by atoms with van der Waals surface area (Å²) in [5.41, 5.74) is -0.423. The molecule has 1 saturated carbocycles. The molecule has 0 radical (unpaired) electrons. The Morgan fingerprint density at radius 1 is 1.30 bits per heavy atom. The van der Waals surface area contributed by atoms with Crippen LogP contribution in [0.3, 0.4) is 0 Å². The van der Waals surface area contributed by atoms with E-state index in [2.05, 4.69) is 10.4 Å². The highest BCUT2D eigenvalue weighted by molar-refractivity contribution is 6.39. The number of aliphatic hydroxyl groups is 1. The minimum atomic E-state index is -0.789. The van der Waals surface area contributed by atoms with Gasteiger partial charge in [-0.05, 0) is 12.8 Å². The Morgan fingerprint density at radius 3 is 2.55 bits per heavy atom. The van der Waals surface area contributed by atoms with E-state index in [0.717, 1.165) is 38.5 Å². The maximum atomic E-state index is 12.0. The molecule has 0 aromatic rings. The molecule has 0 aromatic carbocycles. The SMILES string of the molecule is CN1N=C(C(=O)NCC2(O)CCCCCC2)CCC1=O. The van der Waals surface area contributed by atoms with E-state index in [-0.39, 0.29) is 18.4 Å². The molecule has 2 amide bonds. The molecule has 1 heterocycles. The predicted molar refractivity (Wildman–Crippen MR) is 75.1 cm³/mol. The van der Waals surface area contributed by atoms with Crippen LogP contribution in [0.4, 0.5) is 0 Å². The van der Waals surface area contributed by atoms with Gasteiger partial charge in [-0.3, -0.25) is 9.59 Å². The Hall–Kier alpha value is -1.43. The van der Waals surface area contributed by atoms with E-state index >= 15 is 0 Å². The van der Waals surface area contributed by atoms with E-state index in [1.807, 2.05) is 0 Å². The van der Waals surface area contributed by atoms with Crippen molar-refractivity contribution >= 4 is 17.5 Å². The van der Waals surface area contributed by atoms with Crippen molar-refractivity contribution in [2.45, 2.75) is 57.0 Å².